The summed E-state index contributed by atoms with van der Waals surface area (Å²) in [6, 6.07) is 0. The predicted octanol–water partition coefficient (Wildman–Crippen LogP) is 0.112. The normalized spacial score (nSPS) is 33.3. The van der Waals surface area contributed by atoms with Gasteiger partial charge in [0.15, 0.2) is 0 Å². The second-order valence-corrected chi connectivity index (χ2v) is 5.00. The molecule has 1 aliphatic carbocycles. The fourth-order valence-corrected chi connectivity index (χ4v) is 2.89. The first-order valence-corrected chi connectivity index (χ1v) is 5.68. The van der Waals surface area contributed by atoms with Gasteiger partial charge in [-0.2, -0.15) is 0 Å². The highest BCUT2D eigenvalue weighted by Gasteiger charge is 2.52. The van der Waals surface area contributed by atoms with Crippen molar-refractivity contribution in [1.29, 1.82) is 0 Å². The van der Waals surface area contributed by atoms with Crippen LogP contribution >= 0.6 is 0 Å². The summed E-state index contributed by atoms with van der Waals surface area (Å²) in [5, 5.41) is 0. The lowest BCUT2D eigenvalue weighted by Gasteiger charge is -2.36. The Morgan fingerprint density at radius 3 is 2.33 bits per heavy atom. The molecule has 3 aliphatic rings. The Morgan fingerprint density at radius 2 is 1.67 bits per heavy atom. The summed E-state index contributed by atoms with van der Waals surface area (Å²) >= 11 is 0. The van der Waals surface area contributed by atoms with Crippen LogP contribution in [0.2, 0.25) is 0 Å². The SMILES string of the molecule is O=C1CC2(C=CC3C(=O)OC(=O)C3C2)CC(=O)O1. The van der Waals surface area contributed by atoms with Gasteiger partial charge in [-0.1, -0.05) is 12.2 Å². The second-order valence-electron chi connectivity index (χ2n) is 5.00. The first-order valence-electron chi connectivity index (χ1n) is 5.68. The number of hydrogen-bond donors (Lipinski definition) is 0. The molecular weight excluding hydrogens is 240 g/mol. The summed E-state index contributed by atoms with van der Waals surface area (Å²) in [5.74, 6) is -3.46. The minimum Gasteiger partial charge on any atom is -0.393 e. The Morgan fingerprint density at radius 1 is 1.00 bits per heavy atom. The van der Waals surface area contributed by atoms with E-state index in [0.717, 1.165) is 0 Å². The predicted molar refractivity (Wildman–Crippen MR) is 54.6 cm³/mol. The highest BCUT2D eigenvalue weighted by molar-refractivity contribution is 5.98. The Labute approximate surface area is 102 Å². The average Bonchev–Trinajstić information content (AvgIpc) is 2.52. The lowest BCUT2D eigenvalue weighted by molar-refractivity contribution is -0.169. The zero-order chi connectivity index (χ0) is 12.9. The Balaban J connectivity index is 1.93. The molecule has 1 spiro atoms. The summed E-state index contributed by atoms with van der Waals surface area (Å²) in [4.78, 5) is 45.5. The maximum absolute atomic E-state index is 11.5. The van der Waals surface area contributed by atoms with Gasteiger partial charge in [0.05, 0.1) is 24.7 Å². The molecule has 0 amide bonds. The molecule has 94 valence electrons. The topological polar surface area (TPSA) is 86.7 Å². The molecule has 18 heavy (non-hydrogen) atoms. The van der Waals surface area contributed by atoms with Crippen LogP contribution in [-0.4, -0.2) is 23.9 Å². The van der Waals surface area contributed by atoms with Gasteiger partial charge in [-0.3, -0.25) is 19.2 Å². The van der Waals surface area contributed by atoms with Crippen molar-refractivity contribution in [2.24, 2.45) is 17.3 Å². The number of cyclic esters (lactones) is 4. The Bertz CT molecular complexity index is 487. The number of hydrogen-bond acceptors (Lipinski definition) is 6. The number of carbonyl (C=O) groups is 4. The smallest absolute Gasteiger partial charge is 0.321 e. The first-order chi connectivity index (χ1) is 8.49. The lowest BCUT2D eigenvalue weighted by atomic mass is 9.66. The van der Waals surface area contributed by atoms with Gasteiger partial charge in [0.2, 0.25) is 0 Å². The monoisotopic (exact) mass is 250 g/mol. The molecule has 2 aliphatic heterocycles. The standard InChI is InChI=1S/C12H10O6/c13-8-4-12(5-9(14)17-8)2-1-6-7(3-12)11(16)18-10(6)15/h1-2,6-7H,3-5H2. The van der Waals surface area contributed by atoms with Crippen molar-refractivity contribution in [3.05, 3.63) is 12.2 Å². The van der Waals surface area contributed by atoms with Gasteiger partial charge in [0, 0.05) is 5.41 Å². The summed E-state index contributed by atoms with van der Waals surface area (Å²) in [5.41, 5.74) is -0.697. The molecule has 0 saturated carbocycles. The van der Waals surface area contributed by atoms with Gasteiger partial charge in [-0.25, -0.2) is 0 Å². The Kier molecular flexibility index (Phi) is 2.17. The molecule has 0 radical (unpaired) electrons. The van der Waals surface area contributed by atoms with Crippen LogP contribution in [0.4, 0.5) is 0 Å². The molecule has 6 heteroatoms. The molecule has 0 N–H and O–H groups in total. The van der Waals surface area contributed by atoms with E-state index in [-0.39, 0.29) is 19.3 Å². The molecule has 0 bridgehead atoms. The third kappa shape index (κ3) is 1.56. The minimum atomic E-state index is -0.697. The van der Waals surface area contributed by atoms with Gasteiger partial charge in [0.25, 0.3) is 0 Å². The van der Waals surface area contributed by atoms with E-state index in [1.165, 1.54) is 0 Å². The minimum absolute atomic E-state index is 0.0555. The largest absolute Gasteiger partial charge is 0.393 e. The zero-order valence-electron chi connectivity index (χ0n) is 9.38. The fraction of sp³-hybridized carbons (Fsp3) is 0.500. The van der Waals surface area contributed by atoms with Crippen molar-refractivity contribution in [1.82, 2.24) is 0 Å². The summed E-state index contributed by atoms with van der Waals surface area (Å²) < 4.78 is 9.04. The van der Waals surface area contributed by atoms with Gasteiger partial charge in [-0.05, 0) is 6.42 Å². The van der Waals surface area contributed by atoms with E-state index in [1.807, 2.05) is 0 Å². The zero-order valence-corrected chi connectivity index (χ0v) is 9.38. The van der Waals surface area contributed by atoms with E-state index in [0.29, 0.717) is 0 Å². The number of fused-ring (bicyclic) bond motifs is 1. The molecule has 2 atom stereocenters. The molecule has 2 saturated heterocycles. The van der Waals surface area contributed by atoms with E-state index in [1.54, 1.807) is 12.2 Å². The van der Waals surface area contributed by atoms with Gasteiger partial charge < -0.3 is 9.47 Å². The van der Waals surface area contributed by atoms with Crippen molar-refractivity contribution < 1.29 is 28.7 Å². The van der Waals surface area contributed by atoms with Crippen LogP contribution in [-0.2, 0) is 28.7 Å². The molecule has 3 rings (SSSR count). The number of allylic oxidation sites excluding steroid dienone is 1. The molecule has 0 aromatic rings. The summed E-state index contributed by atoms with van der Waals surface area (Å²) in [6.45, 7) is 0. The maximum atomic E-state index is 11.5. The number of rotatable bonds is 0. The van der Waals surface area contributed by atoms with Gasteiger partial charge in [0.1, 0.15) is 0 Å². The summed E-state index contributed by atoms with van der Waals surface area (Å²) in [6.07, 6.45) is 3.65. The molecule has 2 unspecified atom stereocenters. The van der Waals surface area contributed by atoms with Crippen molar-refractivity contribution >= 4 is 23.9 Å². The summed E-state index contributed by atoms with van der Waals surface area (Å²) in [7, 11) is 0. The number of ether oxygens (including phenoxy) is 2. The van der Waals surface area contributed by atoms with Crippen LogP contribution in [0, 0.1) is 17.3 Å². The molecule has 2 fully saturated rings. The van der Waals surface area contributed by atoms with Crippen molar-refractivity contribution in [3.8, 4) is 0 Å². The van der Waals surface area contributed by atoms with Crippen LogP contribution in [0.1, 0.15) is 19.3 Å². The highest BCUT2D eigenvalue weighted by atomic mass is 16.6. The molecular formula is C12H10O6. The second kappa shape index (κ2) is 3.51. The van der Waals surface area contributed by atoms with Crippen molar-refractivity contribution in [3.63, 3.8) is 0 Å². The van der Waals surface area contributed by atoms with Crippen molar-refractivity contribution in [2.45, 2.75) is 19.3 Å². The van der Waals surface area contributed by atoms with Crippen LogP contribution in [0.25, 0.3) is 0 Å². The van der Waals surface area contributed by atoms with Crippen molar-refractivity contribution in [2.75, 3.05) is 0 Å². The molecule has 0 aromatic heterocycles. The quantitative estimate of drug-likeness (QED) is 0.344. The van der Waals surface area contributed by atoms with E-state index in [9.17, 15) is 19.2 Å². The fourth-order valence-electron chi connectivity index (χ4n) is 2.89. The third-order valence-electron chi connectivity index (χ3n) is 3.71. The molecule has 0 aromatic carbocycles. The van der Waals surface area contributed by atoms with E-state index < -0.39 is 41.1 Å². The lowest BCUT2D eigenvalue weighted by Crippen LogP contribution is -2.39. The average molecular weight is 250 g/mol. The number of esters is 4. The molecule has 6 nitrogen and oxygen atoms in total. The van der Waals surface area contributed by atoms with Crippen LogP contribution in [0.15, 0.2) is 12.2 Å². The van der Waals surface area contributed by atoms with E-state index in [2.05, 4.69) is 9.47 Å². The maximum Gasteiger partial charge on any atom is 0.321 e. The Hall–Kier alpha value is -1.98. The van der Waals surface area contributed by atoms with Gasteiger partial charge >= 0.3 is 23.9 Å². The first kappa shape index (κ1) is 11.1. The van der Waals surface area contributed by atoms with Crippen LogP contribution in [0.5, 0.6) is 0 Å². The van der Waals surface area contributed by atoms with E-state index in [4.69, 9.17) is 0 Å². The highest BCUT2D eigenvalue weighted by Crippen LogP contribution is 2.47. The third-order valence-corrected chi connectivity index (χ3v) is 3.71. The van der Waals surface area contributed by atoms with Gasteiger partial charge in [-0.15, -0.1) is 0 Å². The molecule has 2 heterocycles. The van der Waals surface area contributed by atoms with Crippen LogP contribution < -0.4 is 0 Å². The van der Waals surface area contributed by atoms with E-state index >= 15 is 0 Å². The van der Waals surface area contributed by atoms with Crippen LogP contribution in [0.3, 0.4) is 0 Å². The number of carbonyl (C=O) groups excluding carboxylic acids is 4.